The van der Waals surface area contributed by atoms with Crippen molar-refractivity contribution in [1.29, 1.82) is 0 Å². The number of nitrogens with two attached hydrogens (primary N) is 1. The molecule has 1 aromatic rings. The summed E-state index contributed by atoms with van der Waals surface area (Å²) in [5.74, 6) is 0.572. The van der Waals surface area contributed by atoms with Crippen LogP contribution in [-0.2, 0) is 6.42 Å². The molecule has 0 saturated carbocycles. The lowest BCUT2D eigenvalue weighted by molar-refractivity contribution is 0.0737. The Morgan fingerprint density at radius 3 is 2.54 bits per heavy atom. The van der Waals surface area contributed by atoms with Crippen molar-refractivity contribution in [3.63, 3.8) is 0 Å². The van der Waals surface area contributed by atoms with Crippen LogP contribution in [0.3, 0.4) is 0 Å². The molecular weight excluding hydrogens is 170 g/mol. The zero-order chi connectivity index (χ0) is 9.68. The molecule has 0 aromatic carbocycles. The SMILES string of the molecule is NC(Cc1ncccn1)C(O)CO. The Kier molecular flexibility index (Phi) is 3.75. The maximum atomic E-state index is 9.16. The van der Waals surface area contributed by atoms with E-state index in [9.17, 15) is 0 Å². The normalized spacial score (nSPS) is 15.3. The summed E-state index contributed by atoms with van der Waals surface area (Å²) in [6.07, 6.45) is 2.67. The van der Waals surface area contributed by atoms with Crippen LogP contribution < -0.4 is 5.73 Å². The second-order valence-corrected chi connectivity index (χ2v) is 2.78. The Morgan fingerprint density at radius 1 is 1.38 bits per heavy atom. The molecule has 0 aliphatic rings. The van der Waals surface area contributed by atoms with E-state index in [1.807, 2.05) is 0 Å². The van der Waals surface area contributed by atoms with E-state index in [4.69, 9.17) is 15.9 Å². The molecule has 1 heterocycles. The second kappa shape index (κ2) is 4.86. The van der Waals surface area contributed by atoms with Gasteiger partial charge in [-0.05, 0) is 6.07 Å². The van der Waals surface area contributed by atoms with E-state index in [-0.39, 0.29) is 6.61 Å². The van der Waals surface area contributed by atoms with E-state index in [2.05, 4.69) is 9.97 Å². The van der Waals surface area contributed by atoms with Gasteiger partial charge in [0, 0.05) is 24.9 Å². The summed E-state index contributed by atoms with van der Waals surface area (Å²) in [6.45, 7) is -0.339. The minimum atomic E-state index is -0.913. The van der Waals surface area contributed by atoms with Crippen molar-refractivity contribution in [3.8, 4) is 0 Å². The summed E-state index contributed by atoms with van der Waals surface area (Å²) in [5.41, 5.74) is 5.57. The van der Waals surface area contributed by atoms with E-state index < -0.39 is 12.1 Å². The largest absolute Gasteiger partial charge is 0.394 e. The Morgan fingerprint density at radius 2 is 2.00 bits per heavy atom. The Labute approximate surface area is 76.3 Å². The smallest absolute Gasteiger partial charge is 0.129 e. The third kappa shape index (κ3) is 3.06. The predicted octanol–water partition coefficient (Wildman–Crippen LogP) is -1.30. The fourth-order valence-electron chi connectivity index (χ4n) is 0.918. The van der Waals surface area contributed by atoms with Crippen LogP contribution in [0.5, 0.6) is 0 Å². The zero-order valence-corrected chi connectivity index (χ0v) is 7.17. The van der Waals surface area contributed by atoms with Crippen LogP contribution in [0.4, 0.5) is 0 Å². The van der Waals surface area contributed by atoms with Gasteiger partial charge in [0.2, 0.25) is 0 Å². The van der Waals surface area contributed by atoms with Crippen molar-refractivity contribution in [2.45, 2.75) is 18.6 Å². The van der Waals surface area contributed by atoms with Crippen molar-refractivity contribution in [3.05, 3.63) is 24.3 Å². The van der Waals surface area contributed by atoms with Crippen LogP contribution in [0.1, 0.15) is 5.82 Å². The summed E-state index contributed by atoms with van der Waals surface area (Å²) in [6, 6.07) is 1.18. The third-order valence-corrected chi connectivity index (χ3v) is 1.72. The topological polar surface area (TPSA) is 92.3 Å². The molecule has 0 fully saturated rings. The van der Waals surface area contributed by atoms with Crippen LogP contribution in [0.2, 0.25) is 0 Å². The van der Waals surface area contributed by atoms with E-state index in [0.717, 1.165) is 0 Å². The minimum Gasteiger partial charge on any atom is -0.394 e. The average Bonchev–Trinajstić information content (AvgIpc) is 2.18. The van der Waals surface area contributed by atoms with Gasteiger partial charge >= 0.3 is 0 Å². The maximum Gasteiger partial charge on any atom is 0.129 e. The lowest BCUT2D eigenvalue weighted by Crippen LogP contribution is -2.39. The maximum absolute atomic E-state index is 9.16. The van der Waals surface area contributed by atoms with Gasteiger partial charge in [-0.1, -0.05) is 0 Å². The molecule has 13 heavy (non-hydrogen) atoms. The average molecular weight is 183 g/mol. The van der Waals surface area contributed by atoms with Gasteiger partial charge in [0.05, 0.1) is 12.7 Å². The monoisotopic (exact) mass is 183 g/mol. The van der Waals surface area contributed by atoms with E-state index in [1.54, 1.807) is 18.5 Å². The standard InChI is InChI=1S/C8H13N3O2/c9-6(7(13)5-12)4-8-10-2-1-3-11-8/h1-3,6-7,12-13H,4-5,9H2. The molecule has 0 aliphatic heterocycles. The first-order valence-electron chi connectivity index (χ1n) is 4.04. The van der Waals surface area contributed by atoms with Gasteiger partial charge < -0.3 is 15.9 Å². The summed E-state index contributed by atoms with van der Waals surface area (Å²) >= 11 is 0. The van der Waals surface area contributed by atoms with Crippen molar-refractivity contribution in [2.24, 2.45) is 5.73 Å². The first kappa shape index (κ1) is 10.0. The number of hydrogen-bond acceptors (Lipinski definition) is 5. The molecule has 0 spiro atoms. The van der Waals surface area contributed by atoms with Gasteiger partial charge in [0.15, 0.2) is 0 Å². The molecule has 0 radical (unpaired) electrons. The predicted molar refractivity (Wildman–Crippen MR) is 46.8 cm³/mol. The van der Waals surface area contributed by atoms with E-state index in [0.29, 0.717) is 12.2 Å². The van der Waals surface area contributed by atoms with Crippen molar-refractivity contribution < 1.29 is 10.2 Å². The van der Waals surface area contributed by atoms with Gasteiger partial charge in [-0.3, -0.25) is 0 Å². The number of aliphatic hydroxyl groups excluding tert-OH is 2. The fraction of sp³-hybridized carbons (Fsp3) is 0.500. The number of nitrogens with zero attached hydrogens (tertiary/aromatic N) is 2. The molecule has 4 N–H and O–H groups in total. The van der Waals surface area contributed by atoms with Crippen LogP contribution in [-0.4, -0.2) is 38.9 Å². The van der Waals surface area contributed by atoms with Gasteiger partial charge in [-0.25, -0.2) is 9.97 Å². The molecule has 2 unspecified atom stereocenters. The molecule has 1 rings (SSSR count). The lowest BCUT2D eigenvalue weighted by atomic mass is 10.1. The van der Waals surface area contributed by atoms with E-state index in [1.165, 1.54) is 0 Å². The second-order valence-electron chi connectivity index (χ2n) is 2.78. The van der Waals surface area contributed by atoms with Crippen LogP contribution >= 0.6 is 0 Å². The van der Waals surface area contributed by atoms with Crippen LogP contribution in [0.15, 0.2) is 18.5 Å². The highest BCUT2D eigenvalue weighted by atomic mass is 16.3. The van der Waals surface area contributed by atoms with Crippen LogP contribution in [0, 0.1) is 0 Å². The quantitative estimate of drug-likeness (QED) is 0.539. The number of aliphatic hydroxyl groups is 2. The highest BCUT2D eigenvalue weighted by molar-refractivity contribution is 4.92. The Balaban J connectivity index is 2.50. The Hall–Kier alpha value is -1.04. The molecule has 2 atom stereocenters. The molecule has 0 amide bonds. The first-order valence-corrected chi connectivity index (χ1v) is 4.04. The Bertz CT molecular complexity index is 242. The first-order chi connectivity index (χ1) is 6.24. The molecule has 5 nitrogen and oxygen atoms in total. The van der Waals surface area contributed by atoms with Crippen molar-refractivity contribution in [1.82, 2.24) is 9.97 Å². The molecule has 0 aliphatic carbocycles. The summed E-state index contributed by atoms with van der Waals surface area (Å²) in [7, 11) is 0. The molecule has 72 valence electrons. The minimum absolute atomic E-state index is 0.339. The molecule has 1 aromatic heterocycles. The van der Waals surface area contributed by atoms with Crippen molar-refractivity contribution >= 4 is 0 Å². The van der Waals surface area contributed by atoms with Gasteiger partial charge in [0.1, 0.15) is 5.82 Å². The number of rotatable bonds is 4. The number of hydrogen-bond donors (Lipinski definition) is 3. The summed E-state index contributed by atoms with van der Waals surface area (Å²) in [4.78, 5) is 7.90. The molecule has 0 bridgehead atoms. The van der Waals surface area contributed by atoms with Crippen molar-refractivity contribution in [2.75, 3.05) is 6.61 Å². The summed E-state index contributed by atoms with van der Waals surface area (Å²) < 4.78 is 0. The highest BCUT2D eigenvalue weighted by Gasteiger charge is 2.14. The summed E-state index contributed by atoms with van der Waals surface area (Å²) in [5, 5.41) is 17.8. The lowest BCUT2D eigenvalue weighted by Gasteiger charge is -2.14. The third-order valence-electron chi connectivity index (χ3n) is 1.72. The molecule has 0 saturated heterocycles. The van der Waals surface area contributed by atoms with Gasteiger partial charge in [-0.2, -0.15) is 0 Å². The molecular formula is C8H13N3O2. The molecule has 5 heteroatoms. The highest BCUT2D eigenvalue weighted by Crippen LogP contribution is 1.97. The fourth-order valence-corrected chi connectivity index (χ4v) is 0.918. The number of aromatic nitrogens is 2. The van der Waals surface area contributed by atoms with E-state index >= 15 is 0 Å². The van der Waals surface area contributed by atoms with Crippen LogP contribution in [0.25, 0.3) is 0 Å². The zero-order valence-electron chi connectivity index (χ0n) is 7.17. The van der Waals surface area contributed by atoms with Gasteiger partial charge in [0.25, 0.3) is 0 Å². The van der Waals surface area contributed by atoms with Gasteiger partial charge in [-0.15, -0.1) is 0 Å².